The number of nitrogens with zero attached hydrogens (tertiary/aromatic N) is 3. The van der Waals surface area contributed by atoms with Gasteiger partial charge in [-0.15, -0.1) is 0 Å². The van der Waals surface area contributed by atoms with E-state index in [2.05, 4.69) is 4.90 Å². The second-order valence-electron chi connectivity index (χ2n) is 4.72. The first kappa shape index (κ1) is 10.6. The second-order valence-corrected chi connectivity index (χ2v) is 4.72. The standard InChI is InChI=1S/C13H17N3O/c1-14-11-6-2-3-7-12(11)16(13(14)17)10-15-8-4-5-9-15/h2-3,6-7H,4-5,8-10H2,1H3. The minimum Gasteiger partial charge on any atom is -0.295 e. The lowest BCUT2D eigenvalue weighted by atomic mass is 10.3. The Bertz CT molecular complexity index is 590. The van der Waals surface area contributed by atoms with E-state index in [9.17, 15) is 4.79 Å². The van der Waals surface area contributed by atoms with E-state index in [1.165, 1.54) is 12.8 Å². The molecule has 90 valence electrons. The fourth-order valence-corrected chi connectivity index (χ4v) is 2.62. The fraction of sp³-hybridized carbons (Fsp3) is 0.462. The zero-order valence-electron chi connectivity index (χ0n) is 10.1. The Morgan fingerprint density at radius 1 is 1.12 bits per heavy atom. The average molecular weight is 231 g/mol. The lowest BCUT2D eigenvalue weighted by molar-refractivity contribution is 0.269. The maximum atomic E-state index is 12.2. The van der Waals surface area contributed by atoms with E-state index in [1.807, 2.05) is 35.9 Å². The van der Waals surface area contributed by atoms with Crippen molar-refractivity contribution in [2.24, 2.45) is 7.05 Å². The van der Waals surface area contributed by atoms with Crippen LogP contribution in [0.2, 0.25) is 0 Å². The highest BCUT2D eigenvalue weighted by Gasteiger charge is 2.16. The van der Waals surface area contributed by atoms with E-state index in [1.54, 1.807) is 4.57 Å². The molecule has 1 aromatic heterocycles. The molecule has 1 fully saturated rings. The molecule has 0 saturated carbocycles. The first-order valence-corrected chi connectivity index (χ1v) is 6.14. The molecule has 4 heteroatoms. The molecule has 0 bridgehead atoms. The van der Waals surface area contributed by atoms with Crippen LogP contribution < -0.4 is 5.69 Å². The molecule has 4 nitrogen and oxygen atoms in total. The summed E-state index contributed by atoms with van der Waals surface area (Å²) in [6, 6.07) is 7.98. The molecule has 1 aromatic carbocycles. The van der Waals surface area contributed by atoms with Gasteiger partial charge in [-0.2, -0.15) is 0 Å². The van der Waals surface area contributed by atoms with Gasteiger partial charge >= 0.3 is 5.69 Å². The van der Waals surface area contributed by atoms with Crippen molar-refractivity contribution < 1.29 is 0 Å². The van der Waals surface area contributed by atoms with Crippen LogP contribution in [0.3, 0.4) is 0 Å². The first-order valence-electron chi connectivity index (χ1n) is 6.14. The molecular formula is C13H17N3O. The van der Waals surface area contributed by atoms with E-state index in [-0.39, 0.29) is 5.69 Å². The third-order valence-electron chi connectivity index (χ3n) is 3.59. The Hall–Kier alpha value is -1.55. The highest BCUT2D eigenvalue weighted by Crippen LogP contribution is 2.14. The van der Waals surface area contributed by atoms with Crippen LogP contribution >= 0.6 is 0 Å². The molecule has 1 saturated heterocycles. The molecule has 0 N–H and O–H groups in total. The zero-order chi connectivity index (χ0) is 11.8. The summed E-state index contributed by atoms with van der Waals surface area (Å²) in [5.41, 5.74) is 2.13. The summed E-state index contributed by atoms with van der Waals surface area (Å²) >= 11 is 0. The molecule has 3 rings (SSSR count). The van der Waals surface area contributed by atoms with Crippen LogP contribution in [-0.2, 0) is 13.7 Å². The van der Waals surface area contributed by atoms with Gasteiger partial charge in [0.25, 0.3) is 0 Å². The van der Waals surface area contributed by atoms with Crippen LogP contribution in [0.5, 0.6) is 0 Å². The SMILES string of the molecule is Cn1c(=O)n(CN2CCCC2)c2ccccc21. The van der Waals surface area contributed by atoms with Crippen LogP contribution in [0.4, 0.5) is 0 Å². The predicted octanol–water partition coefficient (Wildman–Crippen LogP) is 1.39. The van der Waals surface area contributed by atoms with Gasteiger partial charge in [-0.05, 0) is 38.1 Å². The van der Waals surface area contributed by atoms with E-state index in [4.69, 9.17) is 0 Å². The van der Waals surface area contributed by atoms with E-state index < -0.39 is 0 Å². The fourth-order valence-electron chi connectivity index (χ4n) is 2.62. The highest BCUT2D eigenvalue weighted by molar-refractivity contribution is 5.75. The van der Waals surface area contributed by atoms with Crippen molar-refractivity contribution >= 4 is 11.0 Å². The third kappa shape index (κ3) is 1.69. The number of hydrogen-bond donors (Lipinski definition) is 0. The topological polar surface area (TPSA) is 30.2 Å². The lowest BCUT2D eigenvalue weighted by Gasteiger charge is -2.14. The van der Waals surface area contributed by atoms with Crippen molar-refractivity contribution in [3.05, 3.63) is 34.7 Å². The molecule has 0 amide bonds. The van der Waals surface area contributed by atoms with Crippen LogP contribution in [0.15, 0.2) is 29.1 Å². The van der Waals surface area contributed by atoms with E-state index in [0.29, 0.717) is 0 Å². The molecule has 0 aliphatic carbocycles. The Morgan fingerprint density at radius 3 is 2.47 bits per heavy atom. The summed E-state index contributed by atoms with van der Waals surface area (Å²) in [5.74, 6) is 0. The minimum absolute atomic E-state index is 0.0816. The number of likely N-dealkylation sites (tertiary alicyclic amines) is 1. The summed E-state index contributed by atoms with van der Waals surface area (Å²) in [4.78, 5) is 14.5. The average Bonchev–Trinajstić information content (AvgIpc) is 2.94. The van der Waals surface area contributed by atoms with E-state index in [0.717, 1.165) is 30.8 Å². The summed E-state index contributed by atoms with van der Waals surface area (Å²) < 4.78 is 3.60. The molecule has 0 unspecified atom stereocenters. The van der Waals surface area contributed by atoms with Crippen LogP contribution in [0, 0.1) is 0 Å². The largest absolute Gasteiger partial charge is 0.329 e. The predicted molar refractivity (Wildman–Crippen MR) is 68.0 cm³/mol. The van der Waals surface area contributed by atoms with Gasteiger partial charge in [0.1, 0.15) is 0 Å². The number of imidazole rings is 1. The molecular weight excluding hydrogens is 214 g/mol. The summed E-state index contributed by atoms with van der Waals surface area (Å²) in [5, 5.41) is 0. The monoisotopic (exact) mass is 231 g/mol. The molecule has 1 aliphatic rings. The molecule has 17 heavy (non-hydrogen) atoms. The Morgan fingerprint density at radius 2 is 1.76 bits per heavy atom. The van der Waals surface area contributed by atoms with Gasteiger partial charge in [0.15, 0.2) is 0 Å². The van der Waals surface area contributed by atoms with Crippen LogP contribution in [0.1, 0.15) is 12.8 Å². The summed E-state index contributed by atoms with van der Waals surface area (Å²) in [6.07, 6.45) is 2.50. The number of hydrogen-bond acceptors (Lipinski definition) is 2. The number of para-hydroxylation sites is 2. The summed E-state index contributed by atoms with van der Waals surface area (Å²) in [7, 11) is 1.84. The Balaban J connectivity index is 2.08. The third-order valence-corrected chi connectivity index (χ3v) is 3.59. The maximum absolute atomic E-state index is 12.2. The van der Waals surface area contributed by atoms with Crippen molar-refractivity contribution in [3.63, 3.8) is 0 Å². The Kier molecular flexibility index (Phi) is 2.52. The maximum Gasteiger partial charge on any atom is 0.329 e. The van der Waals surface area contributed by atoms with Gasteiger partial charge in [0.2, 0.25) is 0 Å². The van der Waals surface area contributed by atoms with Gasteiger partial charge < -0.3 is 0 Å². The summed E-state index contributed by atoms with van der Waals surface area (Å²) in [6.45, 7) is 2.94. The highest BCUT2D eigenvalue weighted by atomic mass is 16.1. The Labute approximate surface area is 100 Å². The number of benzene rings is 1. The minimum atomic E-state index is 0.0816. The van der Waals surface area contributed by atoms with Gasteiger partial charge in [-0.1, -0.05) is 12.1 Å². The molecule has 1 aliphatic heterocycles. The van der Waals surface area contributed by atoms with Gasteiger partial charge in [0.05, 0.1) is 17.7 Å². The molecule has 2 aromatic rings. The molecule has 0 radical (unpaired) electrons. The first-order chi connectivity index (χ1) is 8.27. The smallest absolute Gasteiger partial charge is 0.295 e. The van der Waals surface area contributed by atoms with Crippen LogP contribution in [0.25, 0.3) is 11.0 Å². The van der Waals surface area contributed by atoms with Crippen molar-refractivity contribution in [2.75, 3.05) is 13.1 Å². The second kappa shape index (κ2) is 4.04. The zero-order valence-corrected chi connectivity index (χ0v) is 10.1. The van der Waals surface area contributed by atoms with Crippen molar-refractivity contribution in [3.8, 4) is 0 Å². The lowest BCUT2D eigenvalue weighted by Crippen LogP contribution is -2.30. The number of fused-ring (bicyclic) bond motifs is 1. The van der Waals surface area contributed by atoms with Gasteiger partial charge in [0, 0.05) is 7.05 Å². The van der Waals surface area contributed by atoms with Crippen molar-refractivity contribution in [1.82, 2.24) is 14.0 Å². The van der Waals surface area contributed by atoms with Crippen LogP contribution in [-0.4, -0.2) is 27.1 Å². The van der Waals surface area contributed by atoms with Gasteiger partial charge in [-0.25, -0.2) is 4.79 Å². The molecule has 0 spiro atoms. The number of rotatable bonds is 2. The van der Waals surface area contributed by atoms with Crippen molar-refractivity contribution in [2.45, 2.75) is 19.5 Å². The molecule has 0 atom stereocenters. The number of aromatic nitrogens is 2. The molecule has 2 heterocycles. The van der Waals surface area contributed by atoms with E-state index >= 15 is 0 Å². The van der Waals surface area contributed by atoms with Crippen molar-refractivity contribution in [1.29, 1.82) is 0 Å². The number of aryl methyl sites for hydroxylation is 1. The quantitative estimate of drug-likeness (QED) is 0.782. The normalized spacial score (nSPS) is 17.0. The van der Waals surface area contributed by atoms with Gasteiger partial charge in [-0.3, -0.25) is 14.0 Å².